The van der Waals surface area contributed by atoms with E-state index in [1.165, 1.54) is 32.1 Å². The number of rotatable bonds is 5. The number of hydrogen-bond donors (Lipinski definition) is 2. The maximum absolute atomic E-state index is 9.75. The molecule has 2 saturated carbocycles. The number of aliphatic hydroxyl groups excluding tert-OH is 1. The molecule has 23 heavy (non-hydrogen) atoms. The van der Waals surface area contributed by atoms with Gasteiger partial charge in [-0.1, -0.05) is 37.3 Å². The van der Waals surface area contributed by atoms with Crippen LogP contribution in [0.15, 0.2) is 30.3 Å². The number of hydrogen-bond acceptors (Lipinski definition) is 3. The Morgan fingerprint density at radius 1 is 1.13 bits per heavy atom. The van der Waals surface area contributed by atoms with E-state index in [0.29, 0.717) is 5.92 Å². The molecule has 0 aliphatic heterocycles. The lowest BCUT2D eigenvalue weighted by molar-refractivity contribution is 0.0891. The number of nitrogens with zero attached hydrogens (tertiary/aromatic N) is 1. The van der Waals surface area contributed by atoms with Crippen LogP contribution in [0.1, 0.15) is 50.6 Å². The van der Waals surface area contributed by atoms with Gasteiger partial charge in [-0.15, -0.1) is 0 Å². The molecule has 2 N–H and O–H groups in total. The van der Waals surface area contributed by atoms with Crippen molar-refractivity contribution in [1.29, 1.82) is 5.26 Å². The number of nitrogens with one attached hydrogen (secondary N) is 1. The summed E-state index contributed by atoms with van der Waals surface area (Å²) < 4.78 is 0. The van der Waals surface area contributed by atoms with Crippen molar-refractivity contribution in [3.05, 3.63) is 35.9 Å². The van der Waals surface area contributed by atoms with Crippen LogP contribution in [0.3, 0.4) is 0 Å². The highest BCUT2D eigenvalue weighted by molar-refractivity contribution is 5.20. The summed E-state index contributed by atoms with van der Waals surface area (Å²) in [4.78, 5) is 0. The van der Waals surface area contributed by atoms with E-state index in [0.717, 1.165) is 23.3 Å². The van der Waals surface area contributed by atoms with Gasteiger partial charge in [0.2, 0.25) is 0 Å². The molecule has 1 aromatic rings. The van der Waals surface area contributed by atoms with Crippen LogP contribution in [0.2, 0.25) is 0 Å². The largest absolute Gasteiger partial charge is 0.394 e. The van der Waals surface area contributed by atoms with E-state index in [9.17, 15) is 10.4 Å². The maximum Gasteiger partial charge on any atom is 0.0987 e. The summed E-state index contributed by atoms with van der Waals surface area (Å²) in [5.74, 6) is 2.87. The lowest BCUT2D eigenvalue weighted by Crippen LogP contribution is -2.43. The lowest BCUT2D eigenvalue weighted by atomic mass is 9.64. The average Bonchev–Trinajstić information content (AvgIpc) is 2.55. The molecule has 2 unspecified atom stereocenters. The molecule has 2 fully saturated rings. The Balaban J connectivity index is 1.67. The summed E-state index contributed by atoms with van der Waals surface area (Å²) in [5, 5.41) is 22.9. The van der Waals surface area contributed by atoms with E-state index in [4.69, 9.17) is 0 Å². The van der Waals surface area contributed by atoms with Crippen molar-refractivity contribution in [2.24, 2.45) is 23.7 Å². The summed E-state index contributed by atoms with van der Waals surface area (Å²) in [6, 6.07) is 12.1. The predicted octanol–water partition coefficient (Wildman–Crippen LogP) is 3.66. The van der Waals surface area contributed by atoms with Gasteiger partial charge < -0.3 is 5.11 Å². The molecule has 3 heteroatoms. The first-order chi connectivity index (χ1) is 11.2. The zero-order valence-electron chi connectivity index (χ0n) is 14.0. The van der Waals surface area contributed by atoms with E-state index in [1.54, 1.807) is 0 Å². The molecule has 0 radical (unpaired) electrons. The Morgan fingerprint density at radius 2 is 1.78 bits per heavy atom. The van der Waals surface area contributed by atoms with Crippen molar-refractivity contribution in [2.45, 2.75) is 51.1 Å². The van der Waals surface area contributed by atoms with Crippen LogP contribution in [0.25, 0.3) is 0 Å². The van der Waals surface area contributed by atoms with Gasteiger partial charge in [0.05, 0.1) is 24.8 Å². The van der Waals surface area contributed by atoms with Gasteiger partial charge in [-0.25, -0.2) is 0 Å². The molecule has 0 amide bonds. The van der Waals surface area contributed by atoms with Crippen LogP contribution >= 0.6 is 0 Å². The van der Waals surface area contributed by atoms with Crippen molar-refractivity contribution >= 4 is 0 Å². The third-order valence-electron chi connectivity index (χ3n) is 5.79. The summed E-state index contributed by atoms with van der Waals surface area (Å²) in [7, 11) is 0. The summed E-state index contributed by atoms with van der Waals surface area (Å²) in [6.07, 6.45) is 6.35. The molecule has 2 bridgehead atoms. The molecule has 4 atom stereocenters. The fourth-order valence-corrected chi connectivity index (χ4v) is 4.94. The van der Waals surface area contributed by atoms with E-state index in [1.807, 2.05) is 30.3 Å². The molecule has 0 heterocycles. The second-order valence-corrected chi connectivity index (χ2v) is 7.70. The minimum Gasteiger partial charge on any atom is -0.394 e. The molecule has 2 aliphatic carbocycles. The van der Waals surface area contributed by atoms with Gasteiger partial charge in [0.15, 0.2) is 0 Å². The van der Waals surface area contributed by atoms with E-state index < -0.39 is 0 Å². The number of fused-ring (bicyclic) bond motifs is 2. The minimum absolute atomic E-state index is 0.0266. The highest BCUT2D eigenvalue weighted by atomic mass is 16.3. The maximum atomic E-state index is 9.75. The van der Waals surface area contributed by atoms with Gasteiger partial charge in [0.1, 0.15) is 0 Å². The molecular weight excluding hydrogens is 284 g/mol. The van der Waals surface area contributed by atoms with Crippen molar-refractivity contribution in [1.82, 2.24) is 5.32 Å². The predicted molar refractivity (Wildman–Crippen MR) is 91.5 cm³/mol. The molecule has 0 saturated heterocycles. The second-order valence-electron chi connectivity index (χ2n) is 7.70. The quantitative estimate of drug-likeness (QED) is 0.872. The average molecular weight is 312 g/mol. The molecule has 3 nitrogen and oxygen atoms in total. The van der Waals surface area contributed by atoms with E-state index >= 15 is 0 Å². The zero-order chi connectivity index (χ0) is 16.2. The third-order valence-corrected chi connectivity index (χ3v) is 5.79. The van der Waals surface area contributed by atoms with Gasteiger partial charge in [-0.05, 0) is 61.3 Å². The molecule has 0 aromatic heterocycles. The zero-order valence-corrected chi connectivity index (χ0v) is 14.0. The summed E-state index contributed by atoms with van der Waals surface area (Å²) >= 11 is 0. The number of benzene rings is 1. The van der Waals surface area contributed by atoms with Crippen molar-refractivity contribution < 1.29 is 5.11 Å². The summed E-state index contributed by atoms with van der Waals surface area (Å²) in [5.41, 5.74) is 1.06. The Hall–Kier alpha value is -1.37. The molecule has 124 valence electrons. The fourth-order valence-electron chi connectivity index (χ4n) is 4.94. The fraction of sp³-hybridized carbons (Fsp3) is 0.650. The first-order valence-electron chi connectivity index (χ1n) is 9.01. The molecular formula is C20H28N2O. The summed E-state index contributed by atoms with van der Waals surface area (Å²) in [6.45, 7) is 2.40. The smallest absolute Gasteiger partial charge is 0.0987 e. The highest BCUT2D eigenvalue weighted by Gasteiger charge is 2.38. The van der Waals surface area contributed by atoms with Crippen LogP contribution in [0.5, 0.6) is 0 Å². The first-order valence-corrected chi connectivity index (χ1v) is 9.01. The van der Waals surface area contributed by atoms with Gasteiger partial charge in [-0.2, -0.15) is 5.26 Å². The Kier molecular flexibility index (Phi) is 5.35. The monoisotopic (exact) mass is 312 g/mol. The van der Waals surface area contributed by atoms with Crippen molar-refractivity contribution in [2.75, 3.05) is 6.61 Å². The highest BCUT2D eigenvalue weighted by Crippen LogP contribution is 2.45. The SMILES string of the molecule is CC1CC2CC(C1)CC([C@@H](C#N)N[C@@H](CO)c1ccccc1)C2. The molecule has 1 aromatic carbocycles. The van der Waals surface area contributed by atoms with Crippen LogP contribution in [-0.2, 0) is 0 Å². The van der Waals surface area contributed by atoms with Crippen molar-refractivity contribution in [3.63, 3.8) is 0 Å². The van der Waals surface area contributed by atoms with Gasteiger partial charge in [-0.3, -0.25) is 5.32 Å². The second kappa shape index (κ2) is 7.47. The lowest BCUT2D eigenvalue weighted by Gasteiger charge is -2.43. The third kappa shape index (κ3) is 3.94. The van der Waals surface area contributed by atoms with Gasteiger partial charge in [0, 0.05) is 0 Å². The van der Waals surface area contributed by atoms with Crippen molar-refractivity contribution in [3.8, 4) is 6.07 Å². The Bertz CT molecular complexity index is 520. The molecule has 2 aliphatic rings. The molecule has 0 spiro atoms. The van der Waals surface area contributed by atoms with Crippen LogP contribution < -0.4 is 5.32 Å². The van der Waals surface area contributed by atoms with Crippen LogP contribution in [-0.4, -0.2) is 17.8 Å². The first kappa shape index (κ1) is 16.5. The Labute approximate surface area is 139 Å². The molecule has 3 rings (SSSR count). The minimum atomic E-state index is -0.161. The standard InChI is InChI=1S/C20H28N2O/c1-14-7-15-9-16(8-14)11-18(10-15)19(12-21)22-20(13-23)17-5-3-2-4-6-17/h2-6,14-16,18-20,22-23H,7-11,13H2,1H3/t14?,15?,16?,18?,19-,20+/m1/s1. The van der Waals surface area contributed by atoms with E-state index in [2.05, 4.69) is 18.3 Å². The van der Waals surface area contributed by atoms with Crippen LogP contribution in [0.4, 0.5) is 0 Å². The normalized spacial score (nSPS) is 32.7. The number of nitriles is 1. The Morgan fingerprint density at radius 3 is 2.35 bits per heavy atom. The van der Waals surface area contributed by atoms with Gasteiger partial charge >= 0.3 is 0 Å². The van der Waals surface area contributed by atoms with Crippen LogP contribution in [0, 0.1) is 35.0 Å². The number of aliphatic hydroxyl groups is 1. The van der Waals surface area contributed by atoms with Gasteiger partial charge in [0.25, 0.3) is 0 Å². The van der Waals surface area contributed by atoms with E-state index in [-0.39, 0.29) is 18.7 Å². The topological polar surface area (TPSA) is 56.0 Å².